The lowest BCUT2D eigenvalue weighted by Gasteiger charge is -2.29. The third-order valence-electron chi connectivity index (χ3n) is 6.41. The second kappa shape index (κ2) is 9.38. The molecule has 4 heterocycles. The Balaban J connectivity index is 1.70. The Kier molecular flexibility index (Phi) is 6.13. The van der Waals surface area contributed by atoms with Crippen molar-refractivity contribution < 1.29 is 9.47 Å². The number of nitrogens with zero attached hydrogens (tertiary/aromatic N) is 4. The maximum absolute atomic E-state index is 5.90. The third kappa shape index (κ3) is 4.00. The standard InChI is InChI=1S/C27H27N5O2S/c1-17-15-20(18(2)31(17)24-10-6-8-14-29-24)26-25(21-9-5-7-13-28-21)30-27(35)32(26)22-12-11-19(33-3)16-23(22)34-4/h5-16,25-26H,1-4H3,(H,30,35)/t25-,26-/m1/s1. The molecule has 5 rings (SSSR count). The second-order valence-electron chi connectivity index (χ2n) is 8.38. The van der Waals surface area contributed by atoms with Crippen molar-refractivity contribution in [1.82, 2.24) is 19.9 Å². The predicted molar refractivity (Wildman–Crippen MR) is 141 cm³/mol. The van der Waals surface area contributed by atoms with E-state index in [1.54, 1.807) is 14.2 Å². The lowest BCUT2D eigenvalue weighted by molar-refractivity contribution is 0.394. The number of hydrogen-bond acceptors (Lipinski definition) is 5. The maximum atomic E-state index is 5.90. The fourth-order valence-electron chi connectivity index (χ4n) is 4.84. The van der Waals surface area contributed by atoms with Gasteiger partial charge in [0.05, 0.1) is 37.7 Å². The zero-order valence-electron chi connectivity index (χ0n) is 20.1. The highest BCUT2D eigenvalue weighted by atomic mass is 32.1. The van der Waals surface area contributed by atoms with Crippen molar-refractivity contribution in [2.24, 2.45) is 0 Å². The molecule has 1 aliphatic rings. The Labute approximate surface area is 210 Å². The number of rotatable bonds is 6. The molecule has 0 bridgehead atoms. The average Bonchev–Trinajstić information content (AvgIpc) is 3.39. The van der Waals surface area contributed by atoms with E-state index in [0.29, 0.717) is 10.9 Å². The van der Waals surface area contributed by atoms with Gasteiger partial charge in [0.2, 0.25) is 0 Å². The van der Waals surface area contributed by atoms with E-state index in [1.165, 1.54) is 0 Å². The lowest BCUT2D eigenvalue weighted by atomic mass is 9.96. The molecule has 0 radical (unpaired) electrons. The van der Waals surface area contributed by atoms with Crippen molar-refractivity contribution in [3.8, 4) is 17.3 Å². The molecule has 7 nitrogen and oxygen atoms in total. The first-order chi connectivity index (χ1) is 17.0. The van der Waals surface area contributed by atoms with Crippen LogP contribution in [0.15, 0.2) is 73.1 Å². The van der Waals surface area contributed by atoms with Crippen LogP contribution in [0.25, 0.3) is 5.82 Å². The van der Waals surface area contributed by atoms with Gasteiger partial charge in [0, 0.05) is 29.8 Å². The van der Waals surface area contributed by atoms with Crippen molar-refractivity contribution in [1.29, 1.82) is 0 Å². The van der Waals surface area contributed by atoms with Gasteiger partial charge in [-0.2, -0.15) is 0 Å². The van der Waals surface area contributed by atoms with Crippen LogP contribution in [-0.2, 0) is 0 Å². The number of hydrogen-bond donors (Lipinski definition) is 1. The Morgan fingerprint density at radius 3 is 2.34 bits per heavy atom. The number of benzene rings is 1. The summed E-state index contributed by atoms with van der Waals surface area (Å²) in [6.07, 6.45) is 3.62. The molecule has 1 N–H and O–H groups in total. The topological polar surface area (TPSA) is 64.4 Å². The van der Waals surface area contributed by atoms with E-state index in [-0.39, 0.29) is 12.1 Å². The monoisotopic (exact) mass is 485 g/mol. The molecule has 0 saturated carbocycles. The van der Waals surface area contributed by atoms with E-state index in [9.17, 15) is 0 Å². The molecule has 0 aliphatic carbocycles. The fraction of sp³-hybridized carbons (Fsp3) is 0.222. The summed E-state index contributed by atoms with van der Waals surface area (Å²) in [5.74, 6) is 2.28. The lowest BCUT2D eigenvalue weighted by Crippen LogP contribution is -2.30. The van der Waals surface area contributed by atoms with Crippen LogP contribution in [0.3, 0.4) is 0 Å². The molecule has 8 heteroatoms. The number of methoxy groups -OCH3 is 2. The van der Waals surface area contributed by atoms with E-state index >= 15 is 0 Å². The minimum absolute atomic E-state index is 0.159. The highest BCUT2D eigenvalue weighted by Gasteiger charge is 2.43. The van der Waals surface area contributed by atoms with E-state index in [4.69, 9.17) is 21.7 Å². The number of anilines is 1. The van der Waals surface area contributed by atoms with Gasteiger partial charge in [0.1, 0.15) is 17.3 Å². The zero-order chi connectivity index (χ0) is 24.5. The summed E-state index contributed by atoms with van der Waals surface area (Å²) in [6.45, 7) is 4.22. The van der Waals surface area contributed by atoms with Gasteiger partial charge >= 0.3 is 0 Å². The van der Waals surface area contributed by atoms with Crippen LogP contribution in [0.5, 0.6) is 11.5 Å². The normalized spacial score (nSPS) is 17.4. The Hall–Kier alpha value is -3.91. The highest BCUT2D eigenvalue weighted by molar-refractivity contribution is 7.80. The van der Waals surface area contributed by atoms with Gasteiger partial charge in [-0.3, -0.25) is 4.98 Å². The van der Waals surface area contributed by atoms with Gasteiger partial charge in [-0.25, -0.2) is 4.98 Å². The van der Waals surface area contributed by atoms with E-state index in [0.717, 1.165) is 39.9 Å². The molecule has 3 aromatic heterocycles. The molecule has 0 unspecified atom stereocenters. The van der Waals surface area contributed by atoms with Crippen LogP contribution in [0.2, 0.25) is 0 Å². The molecule has 1 saturated heterocycles. The largest absolute Gasteiger partial charge is 0.497 e. The van der Waals surface area contributed by atoms with E-state index in [1.807, 2.05) is 67.0 Å². The van der Waals surface area contributed by atoms with Crippen molar-refractivity contribution in [3.05, 3.63) is 95.7 Å². The van der Waals surface area contributed by atoms with Gasteiger partial charge in [-0.15, -0.1) is 0 Å². The summed E-state index contributed by atoms with van der Waals surface area (Å²) in [5.41, 5.74) is 5.09. The van der Waals surface area contributed by atoms with Crippen molar-refractivity contribution in [2.75, 3.05) is 19.1 Å². The molecule has 1 fully saturated rings. The Morgan fingerprint density at radius 2 is 1.69 bits per heavy atom. The average molecular weight is 486 g/mol. The molecule has 1 aliphatic heterocycles. The molecule has 1 aromatic carbocycles. The van der Waals surface area contributed by atoms with Gasteiger partial charge < -0.3 is 24.3 Å². The minimum Gasteiger partial charge on any atom is -0.497 e. The second-order valence-corrected chi connectivity index (χ2v) is 8.77. The number of aromatic nitrogens is 3. The quantitative estimate of drug-likeness (QED) is 0.382. The Bertz CT molecular complexity index is 1360. The minimum atomic E-state index is -0.164. The van der Waals surface area contributed by atoms with Crippen molar-refractivity contribution in [2.45, 2.75) is 25.9 Å². The van der Waals surface area contributed by atoms with Gasteiger partial charge in [-0.05, 0) is 74.1 Å². The Morgan fingerprint density at radius 1 is 0.914 bits per heavy atom. The van der Waals surface area contributed by atoms with Crippen LogP contribution >= 0.6 is 12.2 Å². The molecule has 35 heavy (non-hydrogen) atoms. The van der Waals surface area contributed by atoms with Gasteiger partial charge in [0.25, 0.3) is 0 Å². The molecule has 4 aromatic rings. The predicted octanol–water partition coefficient (Wildman–Crippen LogP) is 5.08. The summed E-state index contributed by atoms with van der Waals surface area (Å²) < 4.78 is 13.4. The summed E-state index contributed by atoms with van der Waals surface area (Å²) in [7, 11) is 3.30. The fourth-order valence-corrected chi connectivity index (χ4v) is 5.18. The molecule has 2 atom stereocenters. The van der Waals surface area contributed by atoms with Crippen LogP contribution < -0.4 is 19.7 Å². The zero-order valence-corrected chi connectivity index (χ0v) is 20.9. The molecule has 178 valence electrons. The van der Waals surface area contributed by atoms with Crippen molar-refractivity contribution >= 4 is 23.0 Å². The number of aryl methyl sites for hydroxylation is 1. The van der Waals surface area contributed by atoms with E-state index < -0.39 is 0 Å². The summed E-state index contributed by atoms with van der Waals surface area (Å²) in [6, 6.07) is 19.5. The van der Waals surface area contributed by atoms with Crippen LogP contribution in [0.4, 0.5) is 5.69 Å². The molecular weight excluding hydrogens is 458 g/mol. The van der Waals surface area contributed by atoms with Crippen LogP contribution in [0.1, 0.15) is 34.7 Å². The van der Waals surface area contributed by atoms with Crippen LogP contribution in [-0.4, -0.2) is 33.9 Å². The summed E-state index contributed by atoms with van der Waals surface area (Å²) >= 11 is 5.90. The van der Waals surface area contributed by atoms with Gasteiger partial charge in [0.15, 0.2) is 5.11 Å². The number of thiocarbonyl (C=S) groups is 1. The van der Waals surface area contributed by atoms with E-state index in [2.05, 4.69) is 44.7 Å². The molecular formula is C27H27N5O2S. The van der Waals surface area contributed by atoms with Crippen molar-refractivity contribution in [3.63, 3.8) is 0 Å². The maximum Gasteiger partial charge on any atom is 0.174 e. The number of nitrogens with one attached hydrogen (secondary N) is 1. The molecule has 0 spiro atoms. The summed E-state index contributed by atoms with van der Waals surface area (Å²) in [5, 5.41) is 4.13. The first kappa shape index (κ1) is 22.9. The van der Waals surface area contributed by atoms with Gasteiger partial charge in [-0.1, -0.05) is 12.1 Å². The number of pyridine rings is 2. The summed E-state index contributed by atoms with van der Waals surface area (Å²) in [4.78, 5) is 11.4. The first-order valence-corrected chi connectivity index (χ1v) is 11.8. The molecule has 0 amide bonds. The highest BCUT2D eigenvalue weighted by Crippen LogP contribution is 2.46. The first-order valence-electron chi connectivity index (χ1n) is 11.4. The SMILES string of the molecule is COc1ccc(N2C(=S)N[C@H](c3ccccn3)[C@H]2c2cc(C)n(-c3ccccn3)c2C)c(OC)c1. The number of ether oxygens (including phenoxy) is 2. The van der Waals surface area contributed by atoms with Crippen LogP contribution in [0, 0.1) is 13.8 Å². The third-order valence-corrected chi connectivity index (χ3v) is 6.73. The smallest absolute Gasteiger partial charge is 0.174 e.